The van der Waals surface area contributed by atoms with E-state index >= 15 is 0 Å². The Morgan fingerprint density at radius 2 is 1.69 bits per heavy atom. The largest absolute Gasteiger partial charge is 0.448 e. The van der Waals surface area contributed by atoms with Gasteiger partial charge in [0.05, 0.1) is 5.39 Å². The summed E-state index contributed by atoms with van der Waals surface area (Å²) in [6.07, 6.45) is -0.323. The number of anilines is 1. The van der Waals surface area contributed by atoms with Crippen molar-refractivity contribution in [1.82, 2.24) is 9.78 Å². The van der Waals surface area contributed by atoms with Gasteiger partial charge in [0.25, 0.3) is 11.5 Å². The fraction of sp³-hybridized carbons (Fsp3) is 0.273. The first kappa shape index (κ1) is 20.3. The van der Waals surface area contributed by atoms with Crippen LogP contribution < -0.4 is 10.5 Å². The van der Waals surface area contributed by atoms with Crippen LogP contribution in [0, 0.1) is 0 Å². The summed E-state index contributed by atoms with van der Waals surface area (Å²) in [4.78, 5) is 39.5. The predicted octanol–water partition coefficient (Wildman–Crippen LogP) is 3.01. The maximum absolute atomic E-state index is 12.8. The molecule has 1 heterocycles. The van der Waals surface area contributed by atoms with Gasteiger partial charge in [0.15, 0.2) is 11.8 Å². The molecule has 1 atom stereocenters. The second-order valence-corrected chi connectivity index (χ2v) is 6.70. The third-order valence-electron chi connectivity index (χ3n) is 4.60. The Balaban J connectivity index is 1.88. The molecule has 3 aromatic rings. The number of hydrogen-bond acceptors (Lipinski definition) is 5. The highest BCUT2D eigenvalue weighted by atomic mass is 16.5. The van der Waals surface area contributed by atoms with Gasteiger partial charge in [0.2, 0.25) is 0 Å². The van der Waals surface area contributed by atoms with Gasteiger partial charge in [-0.1, -0.05) is 43.3 Å². The van der Waals surface area contributed by atoms with Crippen LogP contribution in [0.3, 0.4) is 0 Å². The van der Waals surface area contributed by atoms with Crippen molar-refractivity contribution in [3.8, 4) is 0 Å². The van der Waals surface area contributed by atoms with Crippen LogP contribution in [-0.4, -0.2) is 34.8 Å². The topological polar surface area (TPSA) is 81.5 Å². The molecule has 1 amide bonds. The molecular weight excluding hydrogens is 370 g/mol. The number of para-hydroxylation sites is 1. The number of nitrogens with zero attached hydrogens (tertiary/aromatic N) is 3. The quantitative estimate of drug-likeness (QED) is 0.602. The van der Waals surface area contributed by atoms with Crippen molar-refractivity contribution in [2.75, 3.05) is 11.9 Å². The Morgan fingerprint density at radius 3 is 2.34 bits per heavy atom. The summed E-state index contributed by atoms with van der Waals surface area (Å²) in [6, 6.07) is 15.8. The minimum Gasteiger partial charge on any atom is -0.448 e. The highest BCUT2D eigenvalue weighted by molar-refractivity contribution is 6.04. The lowest BCUT2D eigenvalue weighted by Crippen LogP contribution is -2.38. The Labute approximate surface area is 168 Å². The van der Waals surface area contributed by atoms with Crippen molar-refractivity contribution < 1.29 is 14.3 Å². The van der Waals surface area contributed by atoms with Crippen LogP contribution in [0.25, 0.3) is 10.8 Å². The number of benzene rings is 2. The Kier molecular flexibility index (Phi) is 6.07. The van der Waals surface area contributed by atoms with Gasteiger partial charge in [0, 0.05) is 24.7 Å². The minimum absolute atomic E-state index is 0.0238. The Morgan fingerprint density at radius 1 is 1.07 bits per heavy atom. The second-order valence-electron chi connectivity index (χ2n) is 6.70. The summed E-state index contributed by atoms with van der Waals surface area (Å²) < 4.78 is 6.68. The number of hydrogen-bond donors (Lipinski definition) is 0. The average molecular weight is 393 g/mol. The number of carbonyl (C=O) groups excluding carboxylic acids is 2. The van der Waals surface area contributed by atoms with Crippen LogP contribution in [0.2, 0.25) is 0 Å². The van der Waals surface area contributed by atoms with Gasteiger partial charge in [-0.3, -0.25) is 9.59 Å². The van der Waals surface area contributed by atoms with E-state index in [1.807, 2.05) is 25.1 Å². The third-order valence-corrected chi connectivity index (χ3v) is 4.60. The molecule has 0 bridgehead atoms. The number of fused-ring (bicyclic) bond motifs is 1. The SMILES string of the molecule is CCCn1nc(C(=O)OC(C)C(=O)N(C)c2ccccc2)c2ccccc2c1=O. The number of aromatic nitrogens is 2. The molecule has 0 saturated carbocycles. The molecule has 0 aliphatic rings. The average Bonchev–Trinajstić information content (AvgIpc) is 2.75. The van der Waals surface area contributed by atoms with E-state index < -0.39 is 12.1 Å². The molecule has 0 spiro atoms. The molecule has 3 rings (SSSR count). The molecule has 0 N–H and O–H groups in total. The summed E-state index contributed by atoms with van der Waals surface area (Å²) in [6.45, 7) is 3.82. The van der Waals surface area contributed by atoms with Gasteiger partial charge in [-0.25, -0.2) is 9.48 Å². The summed E-state index contributed by atoms with van der Waals surface area (Å²) in [5.41, 5.74) is 0.461. The molecule has 0 fully saturated rings. The van der Waals surface area contributed by atoms with Crippen LogP contribution in [-0.2, 0) is 16.1 Å². The van der Waals surface area contributed by atoms with Crippen molar-refractivity contribution in [3.05, 3.63) is 70.6 Å². The Hall–Kier alpha value is -3.48. The highest BCUT2D eigenvalue weighted by Gasteiger charge is 2.25. The molecule has 29 heavy (non-hydrogen) atoms. The van der Waals surface area contributed by atoms with Gasteiger partial charge in [-0.2, -0.15) is 5.10 Å². The number of amides is 1. The zero-order valence-electron chi connectivity index (χ0n) is 16.7. The number of esters is 1. The third kappa shape index (κ3) is 4.18. The second kappa shape index (κ2) is 8.68. The van der Waals surface area contributed by atoms with Crippen molar-refractivity contribution in [2.45, 2.75) is 32.9 Å². The predicted molar refractivity (Wildman–Crippen MR) is 111 cm³/mol. The normalized spacial score (nSPS) is 11.8. The molecule has 150 valence electrons. The van der Waals surface area contributed by atoms with E-state index in [-0.39, 0.29) is 17.2 Å². The monoisotopic (exact) mass is 393 g/mol. The molecular formula is C22H23N3O4. The van der Waals surface area contributed by atoms with Crippen molar-refractivity contribution in [2.24, 2.45) is 0 Å². The molecule has 1 aromatic heterocycles. The minimum atomic E-state index is -1.01. The van der Waals surface area contributed by atoms with E-state index in [0.717, 1.165) is 0 Å². The first-order valence-corrected chi connectivity index (χ1v) is 9.47. The molecule has 1 unspecified atom stereocenters. The zero-order chi connectivity index (χ0) is 21.0. The van der Waals surface area contributed by atoms with Crippen molar-refractivity contribution >= 4 is 28.3 Å². The molecule has 7 nitrogen and oxygen atoms in total. The lowest BCUT2D eigenvalue weighted by Gasteiger charge is -2.21. The number of ether oxygens (including phenoxy) is 1. The fourth-order valence-corrected chi connectivity index (χ4v) is 3.07. The smallest absolute Gasteiger partial charge is 0.360 e. The van der Waals surface area contributed by atoms with Crippen LogP contribution in [0.5, 0.6) is 0 Å². The molecule has 0 saturated heterocycles. The van der Waals surface area contributed by atoms with E-state index in [9.17, 15) is 14.4 Å². The lowest BCUT2D eigenvalue weighted by molar-refractivity contribution is -0.126. The van der Waals surface area contributed by atoms with Gasteiger partial charge in [-0.15, -0.1) is 0 Å². The van der Waals surface area contributed by atoms with Gasteiger partial charge in [-0.05, 0) is 31.5 Å². The lowest BCUT2D eigenvalue weighted by atomic mass is 10.1. The highest BCUT2D eigenvalue weighted by Crippen LogP contribution is 2.17. The van der Waals surface area contributed by atoms with Gasteiger partial charge < -0.3 is 9.64 Å². The van der Waals surface area contributed by atoms with Crippen LogP contribution in [0.15, 0.2) is 59.4 Å². The zero-order valence-corrected chi connectivity index (χ0v) is 16.7. The summed E-state index contributed by atoms with van der Waals surface area (Å²) in [5, 5.41) is 5.01. The standard InChI is InChI=1S/C22H23N3O4/c1-4-14-25-21(27)18-13-9-8-12-17(18)19(23-25)22(28)29-15(2)20(26)24(3)16-10-6-5-7-11-16/h5-13,15H,4,14H2,1-3H3. The maximum Gasteiger partial charge on any atom is 0.360 e. The van der Waals surface area contributed by atoms with E-state index in [2.05, 4.69) is 5.10 Å². The number of carbonyl (C=O) groups is 2. The van der Waals surface area contributed by atoms with Crippen LogP contribution in [0.4, 0.5) is 5.69 Å². The molecule has 7 heteroatoms. The molecule has 0 aliphatic carbocycles. The fourth-order valence-electron chi connectivity index (χ4n) is 3.07. The summed E-state index contributed by atoms with van der Waals surface area (Å²) >= 11 is 0. The van der Waals surface area contributed by atoms with E-state index in [1.165, 1.54) is 16.5 Å². The molecule has 0 radical (unpaired) electrons. The van der Waals surface area contributed by atoms with Gasteiger partial charge >= 0.3 is 5.97 Å². The van der Waals surface area contributed by atoms with Crippen LogP contribution in [0.1, 0.15) is 30.8 Å². The van der Waals surface area contributed by atoms with E-state index in [0.29, 0.717) is 29.4 Å². The number of likely N-dealkylation sites (N-methyl/N-ethyl adjacent to an activating group) is 1. The molecule has 0 aliphatic heterocycles. The first-order valence-electron chi connectivity index (χ1n) is 9.47. The van der Waals surface area contributed by atoms with Gasteiger partial charge in [0.1, 0.15) is 0 Å². The van der Waals surface area contributed by atoms with E-state index in [1.54, 1.807) is 43.4 Å². The number of aryl methyl sites for hydroxylation is 1. The summed E-state index contributed by atoms with van der Waals surface area (Å²) in [7, 11) is 1.62. The first-order chi connectivity index (χ1) is 13.9. The maximum atomic E-state index is 12.8. The summed E-state index contributed by atoms with van der Waals surface area (Å²) in [5.74, 6) is -1.11. The van der Waals surface area contributed by atoms with Crippen molar-refractivity contribution in [3.63, 3.8) is 0 Å². The van der Waals surface area contributed by atoms with Crippen molar-refractivity contribution in [1.29, 1.82) is 0 Å². The molecule has 2 aromatic carbocycles. The van der Waals surface area contributed by atoms with E-state index in [4.69, 9.17) is 4.74 Å². The number of rotatable bonds is 6. The van der Waals surface area contributed by atoms with Crippen LogP contribution >= 0.6 is 0 Å². The Bertz CT molecular complexity index is 1090.